The topological polar surface area (TPSA) is 109 Å². The fourth-order valence-electron chi connectivity index (χ4n) is 3.25. The molecule has 0 radical (unpaired) electrons. The molecule has 0 aliphatic carbocycles. The van der Waals surface area contributed by atoms with E-state index >= 15 is 0 Å². The molecule has 1 fully saturated rings. The summed E-state index contributed by atoms with van der Waals surface area (Å²) in [6.45, 7) is 3.02. The van der Waals surface area contributed by atoms with E-state index in [9.17, 15) is 14.4 Å². The third-order valence-electron chi connectivity index (χ3n) is 4.77. The van der Waals surface area contributed by atoms with Crippen molar-refractivity contribution in [1.29, 1.82) is 0 Å². The van der Waals surface area contributed by atoms with Gasteiger partial charge in [0.1, 0.15) is 11.5 Å². The first-order chi connectivity index (χ1) is 14.0. The smallest absolute Gasteiger partial charge is 0.412 e. The van der Waals surface area contributed by atoms with Crippen LogP contribution in [0.5, 0.6) is 0 Å². The SMILES string of the molecule is CC(=O)N1CCN(C(=O)O[C@H]2c3nccnc3C(=O)N2c2ccc(Cl)cn2)CC1. The number of hydrogen-bond donors (Lipinski definition) is 0. The highest BCUT2D eigenvalue weighted by molar-refractivity contribution is 6.30. The Morgan fingerprint density at radius 1 is 1.07 bits per heavy atom. The Kier molecular flexibility index (Phi) is 5.01. The molecule has 2 aliphatic rings. The molecular weight excluding hydrogens is 400 g/mol. The van der Waals surface area contributed by atoms with Gasteiger partial charge in [0.2, 0.25) is 12.1 Å². The van der Waals surface area contributed by atoms with Crippen LogP contribution in [0.25, 0.3) is 0 Å². The highest BCUT2D eigenvalue weighted by Crippen LogP contribution is 2.35. The molecule has 10 nitrogen and oxygen atoms in total. The van der Waals surface area contributed by atoms with Crippen LogP contribution in [0.2, 0.25) is 5.02 Å². The van der Waals surface area contributed by atoms with E-state index in [0.717, 1.165) is 0 Å². The number of halogens is 1. The maximum absolute atomic E-state index is 12.9. The molecule has 2 aromatic heterocycles. The maximum Gasteiger partial charge on any atom is 0.412 e. The van der Waals surface area contributed by atoms with Gasteiger partial charge >= 0.3 is 6.09 Å². The quantitative estimate of drug-likeness (QED) is 0.729. The molecule has 2 aliphatic heterocycles. The van der Waals surface area contributed by atoms with Crippen LogP contribution in [0.4, 0.5) is 10.6 Å². The van der Waals surface area contributed by atoms with Crippen molar-refractivity contribution in [2.24, 2.45) is 0 Å². The number of carbonyl (C=O) groups excluding carboxylic acids is 3. The summed E-state index contributed by atoms with van der Waals surface area (Å²) >= 11 is 5.89. The largest absolute Gasteiger partial charge is 0.419 e. The van der Waals surface area contributed by atoms with Gasteiger partial charge in [-0.05, 0) is 12.1 Å². The van der Waals surface area contributed by atoms with Crippen LogP contribution in [-0.2, 0) is 9.53 Å². The number of anilines is 1. The summed E-state index contributed by atoms with van der Waals surface area (Å²) in [7, 11) is 0. The van der Waals surface area contributed by atoms with E-state index < -0.39 is 18.2 Å². The third kappa shape index (κ3) is 3.58. The molecule has 29 heavy (non-hydrogen) atoms. The third-order valence-corrected chi connectivity index (χ3v) is 4.99. The molecule has 1 saturated heterocycles. The average molecular weight is 417 g/mol. The summed E-state index contributed by atoms with van der Waals surface area (Å²) in [6.07, 6.45) is 2.52. The number of aromatic nitrogens is 3. The number of amides is 3. The lowest BCUT2D eigenvalue weighted by Crippen LogP contribution is -2.50. The van der Waals surface area contributed by atoms with E-state index in [2.05, 4.69) is 15.0 Å². The van der Waals surface area contributed by atoms with Gasteiger partial charge in [0.15, 0.2) is 5.69 Å². The van der Waals surface area contributed by atoms with Gasteiger partial charge < -0.3 is 14.5 Å². The molecule has 1 atom stereocenters. The lowest BCUT2D eigenvalue weighted by molar-refractivity contribution is -0.130. The van der Waals surface area contributed by atoms with Crippen LogP contribution < -0.4 is 4.90 Å². The predicted molar refractivity (Wildman–Crippen MR) is 101 cm³/mol. The zero-order valence-corrected chi connectivity index (χ0v) is 16.2. The highest BCUT2D eigenvalue weighted by Gasteiger charge is 2.44. The van der Waals surface area contributed by atoms with E-state index in [1.165, 1.54) is 35.3 Å². The van der Waals surface area contributed by atoms with Gasteiger partial charge in [0.25, 0.3) is 5.91 Å². The molecule has 2 aromatic rings. The molecular formula is C18H17ClN6O4. The Labute approximate surface area is 171 Å². The summed E-state index contributed by atoms with van der Waals surface area (Å²) in [5.74, 6) is -0.246. The first-order valence-electron chi connectivity index (χ1n) is 8.93. The first kappa shape index (κ1) is 19.1. The summed E-state index contributed by atoms with van der Waals surface area (Å²) in [5.41, 5.74) is 0.341. The van der Waals surface area contributed by atoms with Crippen LogP contribution in [0.1, 0.15) is 29.3 Å². The van der Waals surface area contributed by atoms with Crippen molar-refractivity contribution < 1.29 is 19.1 Å². The maximum atomic E-state index is 12.9. The number of piperazine rings is 1. The van der Waals surface area contributed by atoms with Crippen molar-refractivity contribution in [1.82, 2.24) is 24.8 Å². The molecule has 4 rings (SSSR count). The zero-order chi connectivity index (χ0) is 20.5. The van der Waals surface area contributed by atoms with E-state index in [0.29, 0.717) is 31.2 Å². The van der Waals surface area contributed by atoms with Crippen molar-refractivity contribution in [3.05, 3.63) is 47.1 Å². The average Bonchev–Trinajstić information content (AvgIpc) is 3.01. The number of ether oxygens (including phenoxy) is 1. The number of rotatable bonds is 2. The van der Waals surface area contributed by atoms with E-state index in [4.69, 9.17) is 16.3 Å². The Bertz CT molecular complexity index is 961. The Hall–Kier alpha value is -3.27. The molecule has 150 valence electrons. The van der Waals surface area contributed by atoms with Crippen molar-refractivity contribution in [3.63, 3.8) is 0 Å². The van der Waals surface area contributed by atoms with Gasteiger partial charge in [0, 0.05) is 51.7 Å². The monoisotopic (exact) mass is 416 g/mol. The second-order valence-corrected chi connectivity index (χ2v) is 6.97. The minimum Gasteiger partial charge on any atom is -0.419 e. The van der Waals surface area contributed by atoms with Crippen molar-refractivity contribution in [2.45, 2.75) is 13.2 Å². The van der Waals surface area contributed by atoms with E-state index in [1.807, 2.05) is 0 Å². The number of hydrogen-bond acceptors (Lipinski definition) is 7. The standard InChI is InChI=1S/C18H17ClN6O4/c1-11(26)23-6-8-24(9-7-23)18(28)29-17-15-14(20-4-5-21-15)16(27)25(17)13-3-2-12(19)10-22-13/h2-5,10,17H,6-9H2,1H3/t17-/m0/s1. The number of carbonyl (C=O) groups is 3. The van der Waals surface area contributed by atoms with Gasteiger partial charge in [-0.3, -0.25) is 14.6 Å². The van der Waals surface area contributed by atoms with Crippen LogP contribution in [0, 0.1) is 0 Å². The second-order valence-electron chi connectivity index (χ2n) is 6.53. The van der Waals surface area contributed by atoms with Crippen LogP contribution in [-0.4, -0.2) is 68.8 Å². The Morgan fingerprint density at radius 3 is 2.41 bits per heavy atom. The molecule has 0 unspecified atom stereocenters. The lowest BCUT2D eigenvalue weighted by atomic mass is 10.3. The molecule has 0 saturated carbocycles. The van der Waals surface area contributed by atoms with Gasteiger partial charge in [-0.15, -0.1) is 0 Å². The second kappa shape index (κ2) is 7.63. The highest BCUT2D eigenvalue weighted by atomic mass is 35.5. The molecule has 0 bridgehead atoms. The number of nitrogens with zero attached hydrogens (tertiary/aromatic N) is 6. The minimum absolute atomic E-state index is 0.0383. The first-order valence-corrected chi connectivity index (χ1v) is 9.30. The molecule has 3 amide bonds. The van der Waals surface area contributed by atoms with Gasteiger partial charge in [-0.2, -0.15) is 0 Å². The summed E-state index contributed by atoms with van der Waals surface area (Å²) in [4.78, 5) is 53.9. The van der Waals surface area contributed by atoms with Crippen LogP contribution in [0.15, 0.2) is 30.7 Å². The summed E-state index contributed by atoms with van der Waals surface area (Å²) in [5, 5.41) is 0.408. The Balaban J connectivity index is 1.58. The fourth-order valence-corrected chi connectivity index (χ4v) is 3.37. The van der Waals surface area contributed by atoms with Gasteiger partial charge in [-0.25, -0.2) is 19.7 Å². The van der Waals surface area contributed by atoms with Gasteiger partial charge in [-0.1, -0.05) is 11.6 Å². The molecule has 0 N–H and O–H groups in total. The normalized spacial score (nSPS) is 18.6. The van der Waals surface area contributed by atoms with Crippen LogP contribution in [0.3, 0.4) is 0 Å². The predicted octanol–water partition coefficient (Wildman–Crippen LogP) is 1.48. The van der Waals surface area contributed by atoms with Crippen molar-refractivity contribution in [2.75, 3.05) is 31.1 Å². The number of pyridine rings is 1. The molecule has 4 heterocycles. The summed E-state index contributed by atoms with van der Waals surface area (Å²) < 4.78 is 5.65. The lowest BCUT2D eigenvalue weighted by Gasteiger charge is -2.34. The van der Waals surface area contributed by atoms with E-state index in [1.54, 1.807) is 17.0 Å². The van der Waals surface area contributed by atoms with E-state index in [-0.39, 0.29) is 23.1 Å². The zero-order valence-electron chi connectivity index (χ0n) is 15.5. The van der Waals surface area contributed by atoms with Crippen molar-refractivity contribution >= 4 is 35.3 Å². The summed E-state index contributed by atoms with van der Waals surface area (Å²) in [6, 6.07) is 3.14. The molecule has 0 aromatic carbocycles. The number of fused-ring (bicyclic) bond motifs is 1. The molecule has 11 heteroatoms. The fraction of sp³-hybridized carbons (Fsp3) is 0.333. The Morgan fingerprint density at radius 2 is 1.76 bits per heavy atom. The van der Waals surface area contributed by atoms with Crippen LogP contribution >= 0.6 is 11.6 Å². The van der Waals surface area contributed by atoms with Gasteiger partial charge in [0.05, 0.1) is 5.02 Å². The minimum atomic E-state index is -1.10. The molecule has 0 spiro atoms. The van der Waals surface area contributed by atoms with Crippen molar-refractivity contribution in [3.8, 4) is 0 Å².